The van der Waals surface area contributed by atoms with Gasteiger partial charge in [0.25, 0.3) is 0 Å². The quantitative estimate of drug-likeness (QED) is 0.816. The van der Waals surface area contributed by atoms with Gasteiger partial charge in [0.15, 0.2) is 17.9 Å². The molecule has 0 aromatic heterocycles. The predicted molar refractivity (Wildman–Crippen MR) is 89.0 cm³/mol. The summed E-state index contributed by atoms with van der Waals surface area (Å²) >= 11 is 5.89. The SMILES string of the molecule is Cc1ccc(OCC2OCC([C@@H]3CCC(C)CO3)CO2)c(F)c1Cl. The van der Waals surface area contributed by atoms with Crippen LogP contribution in [0.3, 0.4) is 0 Å². The zero-order chi connectivity index (χ0) is 17.1. The van der Waals surface area contributed by atoms with E-state index in [0.29, 0.717) is 24.7 Å². The van der Waals surface area contributed by atoms with Crippen molar-refractivity contribution in [1.82, 2.24) is 0 Å². The Morgan fingerprint density at radius 2 is 1.92 bits per heavy atom. The minimum absolute atomic E-state index is 0.0849. The predicted octanol–water partition coefficient (Wildman–Crippen LogP) is 3.97. The van der Waals surface area contributed by atoms with Crippen LogP contribution in [-0.4, -0.2) is 38.8 Å². The van der Waals surface area contributed by atoms with E-state index in [0.717, 1.165) is 13.0 Å². The summed E-state index contributed by atoms with van der Waals surface area (Å²) < 4.78 is 36.8. The molecule has 3 rings (SSSR count). The number of rotatable bonds is 4. The molecule has 0 saturated carbocycles. The van der Waals surface area contributed by atoms with E-state index in [4.69, 9.17) is 30.5 Å². The van der Waals surface area contributed by atoms with Crippen molar-refractivity contribution in [2.75, 3.05) is 26.4 Å². The molecule has 2 atom stereocenters. The van der Waals surface area contributed by atoms with E-state index in [1.807, 2.05) is 0 Å². The third kappa shape index (κ3) is 4.20. The lowest BCUT2D eigenvalue weighted by atomic mass is 9.92. The zero-order valence-electron chi connectivity index (χ0n) is 14.1. The maximum absolute atomic E-state index is 14.0. The van der Waals surface area contributed by atoms with E-state index >= 15 is 0 Å². The molecule has 0 spiro atoms. The van der Waals surface area contributed by atoms with E-state index in [1.54, 1.807) is 19.1 Å². The lowest BCUT2D eigenvalue weighted by molar-refractivity contribution is -0.231. The van der Waals surface area contributed by atoms with E-state index in [9.17, 15) is 4.39 Å². The van der Waals surface area contributed by atoms with Crippen LogP contribution in [0, 0.1) is 24.6 Å². The van der Waals surface area contributed by atoms with Crippen LogP contribution in [0.2, 0.25) is 5.02 Å². The average Bonchev–Trinajstić information content (AvgIpc) is 2.60. The van der Waals surface area contributed by atoms with Gasteiger partial charge in [-0.25, -0.2) is 4.39 Å². The molecule has 1 unspecified atom stereocenters. The van der Waals surface area contributed by atoms with Gasteiger partial charge in [0.05, 0.1) is 24.3 Å². The van der Waals surface area contributed by atoms with Crippen LogP contribution in [0.4, 0.5) is 4.39 Å². The summed E-state index contributed by atoms with van der Waals surface area (Å²) in [7, 11) is 0. The Balaban J connectivity index is 1.45. The van der Waals surface area contributed by atoms with Gasteiger partial charge in [-0.2, -0.15) is 0 Å². The van der Waals surface area contributed by atoms with Gasteiger partial charge in [-0.05, 0) is 37.3 Å². The van der Waals surface area contributed by atoms with Crippen molar-refractivity contribution in [2.45, 2.75) is 39.1 Å². The third-order valence-corrected chi connectivity index (χ3v) is 5.14. The van der Waals surface area contributed by atoms with Crippen LogP contribution in [-0.2, 0) is 14.2 Å². The smallest absolute Gasteiger partial charge is 0.191 e. The monoisotopic (exact) mass is 358 g/mol. The van der Waals surface area contributed by atoms with Crippen LogP contribution in [0.5, 0.6) is 5.75 Å². The highest BCUT2D eigenvalue weighted by atomic mass is 35.5. The summed E-state index contributed by atoms with van der Waals surface area (Å²) in [5.74, 6) is 0.447. The van der Waals surface area contributed by atoms with Crippen LogP contribution in [0.1, 0.15) is 25.3 Å². The molecule has 2 aliphatic heterocycles. The summed E-state index contributed by atoms with van der Waals surface area (Å²) in [4.78, 5) is 0. The Labute approximate surface area is 147 Å². The number of ether oxygens (including phenoxy) is 4. The van der Waals surface area contributed by atoms with Crippen molar-refractivity contribution in [3.8, 4) is 5.75 Å². The van der Waals surface area contributed by atoms with Crippen LogP contribution in [0.25, 0.3) is 0 Å². The maximum Gasteiger partial charge on any atom is 0.191 e. The molecule has 134 valence electrons. The minimum Gasteiger partial charge on any atom is -0.485 e. The highest BCUT2D eigenvalue weighted by molar-refractivity contribution is 6.31. The molecular formula is C18H24ClFO4. The van der Waals surface area contributed by atoms with Gasteiger partial charge in [0, 0.05) is 12.5 Å². The van der Waals surface area contributed by atoms with Crippen LogP contribution >= 0.6 is 11.6 Å². The van der Waals surface area contributed by atoms with Crippen molar-refractivity contribution in [3.05, 3.63) is 28.5 Å². The van der Waals surface area contributed by atoms with Gasteiger partial charge in [-0.1, -0.05) is 24.6 Å². The number of aryl methyl sites for hydroxylation is 1. The fourth-order valence-electron chi connectivity index (χ4n) is 3.04. The molecule has 4 nitrogen and oxygen atoms in total. The van der Waals surface area contributed by atoms with E-state index in [-0.39, 0.29) is 29.4 Å². The molecule has 2 fully saturated rings. The van der Waals surface area contributed by atoms with E-state index in [1.165, 1.54) is 6.42 Å². The molecular weight excluding hydrogens is 335 g/mol. The lowest BCUT2D eigenvalue weighted by Crippen LogP contribution is -2.43. The summed E-state index contributed by atoms with van der Waals surface area (Å²) in [6, 6.07) is 3.29. The Kier molecular flexibility index (Phi) is 5.98. The normalized spacial score (nSPS) is 31.0. The Morgan fingerprint density at radius 1 is 1.17 bits per heavy atom. The van der Waals surface area contributed by atoms with E-state index in [2.05, 4.69) is 6.92 Å². The van der Waals surface area contributed by atoms with Crippen molar-refractivity contribution < 1.29 is 23.3 Å². The second-order valence-corrected chi connectivity index (χ2v) is 7.11. The summed E-state index contributed by atoms with van der Waals surface area (Å²) in [6.45, 7) is 6.03. The molecule has 1 aromatic carbocycles. The fourth-order valence-corrected chi connectivity index (χ4v) is 3.20. The highest BCUT2D eigenvalue weighted by Gasteiger charge is 2.32. The first-order valence-electron chi connectivity index (χ1n) is 8.46. The van der Waals surface area contributed by atoms with Crippen molar-refractivity contribution in [1.29, 1.82) is 0 Å². The molecule has 2 aliphatic rings. The first-order valence-corrected chi connectivity index (χ1v) is 8.84. The Bertz CT molecular complexity index is 552. The van der Waals surface area contributed by atoms with Gasteiger partial charge in [0.2, 0.25) is 0 Å². The largest absolute Gasteiger partial charge is 0.485 e. The molecule has 0 amide bonds. The molecule has 0 bridgehead atoms. The minimum atomic E-state index is -0.546. The maximum atomic E-state index is 14.0. The molecule has 0 aliphatic carbocycles. The number of hydrogen-bond donors (Lipinski definition) is 0. The lowest BCUT2D eigenvalue weighted by Gasteiger charge is -2.37. The second-order valence-electron chi connectivity index (χ2n) is 6.73. The molecule has 0 N–H and O–H groups in total. The topological polar surface area (TPSA) is 36.9 Å². The highest BCUT2D eigenvalue weighted by Crippen LogP contribution is 2.29. The van der Waals surface area contributed by atoms with Gasteiger partial charge in [0.1, 0.15) is 6.61 Å². The fraction of sp³-hybridized carbons (Fsp3) is 0.667. The molecule has 1 aromatic rings. The first kappa shape index (κ1) is 17.9. The molecule has 0 radical (unpaired) electrons. The zero-order valence-corrected chi connectivity index (χ0v) is 14.9. The van der Waals surface area contributed by atoms with Crippen molar-refractivity contribution in [2.24, 2.45) is 11.8 Å². The van der Waals surface area contributed by atoms with E-state index < -0.39 is 12.1 Å². The Morgan fingerprint density at radius 3 is 2.58 bits per heavy atom. The number of hydrogen-bond acceptors (Lipinski definition) is 4. The van der Waals surface area contributed by atoms with Gasteiger partial charge >= 0.3 is 0 Å². The first-order chi connectivity index (χ1) is 11.5. The third-order valence-electron chi connectivity index (χ3n) is 4.67. The van der Waals surface area contributed by atoms with Gasteiger partial charge in [-0.15, -0.1) is 0 Å². The second kappa shape index (κ2) is 8.00. The summed E-state index contributed by atoms with van der Waals surface area (Å²) in [6.07, 6.45) is 1.94. The summed E-state index contributed by atoms with van der Waals surface area (Å²) in [5, 5.41) is 0.0849. The summed E-state index contributed by atoms with van der Waals surface area (Å²) in [5.41, 5.74) is 0.677. The van der Waals surface area contributed by atoms with Gasteiger partial charge < -0.3 is 18.9 Å². The molecule has 6 heteroatoms. The number of halogens is 2. The van der Waals surface area contributed by atoms with Crippen molar-refractivity contribution >= 4 is 11.6 Å². The van der Waals surface area contributed by atoms with Crippen molar-refractivity contribution in [3.63, 3.8) is 0 Å². The molecule has 24 heavy (non-hydrogen) atoms. The Hall–Kier alpha value is -0.880. The van der Waals surface area contributed by atoms with Crippen LogP contribution in [0.15, 0.2) is 12.1 Å². The van der Waals surface area contributed by atoms with Crippen LogP contribution < -0.4 is 4.74 Å². The molecule has 2 saturated heterocycles. The average molecular weight is 359 g/mol. The number of benzene rings is 1. The molecule has 2 heterocycles. The standard InChI is InChI=1S/C18H24ClFO4/c1-11-3-5-14(21-7-11)13-8-23-16(24-9-13)10-22-15-6-4-12(2)17(19)18(15)20/h4,6,11,13-14,16H,3,5,7-10H2,1-2H3/t11?,13?,14-,16?/m0/s1. The van der Waals surface area contributed by atoms with Gasteiger partial charge in [-0.3, -0.25) is 0 Å².